The van der Waals surface area contributed by atoms with Gasteiger partial charge in [0.05, 0.1) is 4.90 Å². The topological polar surface area (TPSA) is 49.4 Å². The summed E-state index contributed by atoms with van der Waals surface area (Å²) in [5.74, 6) is 0. The van der Waals surface area contributed by atoms with E-state index in [1.54, 1.807) is 12.1 Å². The first-order valence-corrected chi connectivity index (χ1v) is 6.62. The van der Waals surface area contributed by atoms with E-state index in [-0.39, 0.29) is 0 Å². The van der Waals surface area contributed by atoms with Gasteiger partial charge in [-0.25, -0.2) is 13.1 Å². The van der Waals surface area contributed by atoms with Crippen LogP contribution in [-0.2, 0) is 23.0 Å². The molecule has 0 aromatic heterocycles. The Labute approximate surface area is 96.3 Å². The molecule has 1 aliphatic heterocycles. The van der Waals surface area contributed by atoms with Gasteiger partial charge in [0, 0.05) is 0 Å². The molecule has 0 radical (unpaired) electrons. The third-order valence-electron chi connectivity index (χ3n) is 2.85. The molecule has 1 aromatic carbocycles. The molecule has 0 saturated carbocycles. The molecule has 1 heterocycles. The first-order chi connectivity index (χ1) is 7.53. The Kier molecular flexibility index (Phi) is 3.01. The van der Waals surface area contributed by atoms with Crippen molar-refractivity contribution in [3.63, 3.8) is 0 Å². The van der Waals surface area contributed by atoms with Crippen LogP contribution in [0.3, 0.4) is 0 Å². The second-order valence-electron chi connectivity index (χ2n) is 3.94. The van der Waals surface area contributed by atoms with E-state index in [9.17, 15) is 8.42 Å². The fourth-order valence-corrected chi connectivity index (χ4v) is 2.66. The summed E-state index contributed by atoms with van der Waals surface area (Å²) in [4.78, 5) is 2.27. The highest BCUT2D eigenvalue weighted by molar-refractivity contribution is 7.89. The van der Waals surface area contributed by atoms with Crippen molar-refractivity contribution >= 4 is 10.0 Å². The number of hydrogen-bond acceptors (Lipinski definition) is 3. The highest BCUT2D eigenvalue weighted by atomic mass is 32.2. The van der Waals surface area contributed by atoms with Crippen LogP contribution in [0.2, 0.25) is 0 Å². The van der Waals surface area contributed by atoms with Crippen molar-refractivity contribution in [1.82, 2.24) is 9.62 Å². The number of hydrogen-bond donors (Lipinski definition) is 1. The second kappa shape index (κ2) is 4.16. The maximum Gasteiger partial charge on any atom is 0.240 e. The summed E-state index contributed by atoms with van der Waals surface area (Å²) in [5.41, 5.74) is 2.27. The summed E-state index contributed by atoms with van der Waals surface area (Å²) < 4.78 is 25.6. The number of benzene rings is 1. The van der Waals surface area contributed by atoms with Gasteiger partial charge < -0.3 is 4.90 Å². The molecule has 1 N–H and O–H groups in total. The molecular weight excluding hydrogens is 224 g/mol. The lowest BCUT2D eigenvalue weighted by molar-refractivity contribution is 0.347. The molecule has 2 rings (SSSR count). The van der Waals surface area contributed by atoms with Crippen LogP contribution in [0.1, 0.15) is 11.1 Å². The van der Waals surface area contributed by atoms with Gasteiger partial charge in [-0.05, 0) is 49.8 Å². The van der Waals surface area contributed by atoms with Crippen LogP contribution in [-0.4, -0.2) is 26.9 Å². The highest BCUT2D eigenvalue weighted by Crippen LogP contribution is 2.21. The zero-order chi connectivity index (χ0) is 11.8. The van der Waals surface area contributed by atoms with E-state index in [2.05, 4.69) is 11.8 Å². The van der Waals surface area contributed by atoms with Crippen LogP contribution in [0.25, 0.3) is 0 Å². The predicted molar refractivity (Wildman–Crippen MR) is 62.2 cm³/mol. The summed E-state index contributed by atoms with van der Waals surface area (Å²) >= 11 is 0. The van der Waals surface area contributed by atoms with Gasteiger partial charge in [-0.3, -0.25) is 7.05 Å². The van der Waals surface area contributed by atoms with Crippen molar-refractivity contribution in [2.75, 3.05) is 13.6 Å². The van der Waals surface area contributed by atoms with Crippen molar-refractivity contribution < 1.29 is 8.42 Å². The van der Waals surface area contributed by atoms with Crippen molar-refractivity contribution in [2.24, 2.45) is 0 Å². The van der Waals surface area contributed by atoms with Crippen LogP contribution in [0.4, 0.5) is 0 Å². The number of rotatable bonds is 2. The average Bonchev–Trinajstić information content (AvgIpc) is 2.28. The van der Waals surface area contributed by atoms with E-state index in [1.807, 2.05) is 11.0 Å². The molecule has 0 aliphatic carbocycles. The number of fused-ring (bicyclic) bond motifs is 1. The van der Waals surface area contributed by atoms with Crippen molar-refractivity contribution in [2.45, 2.75) is 17.9 Å². The van der Waals surface area contributed by atoms with E-state index < -0.39 is 10.0 Å². The minimum absolute atomic E-state index is 0.323. The van der Waals surface area contributed by atoms with Crippen LogP contribution in [0.5, 0.6) is 0 Å². The molecule has 0 saturated heterocycles. The van der Waals surface area contributed by atoms with Crippen LogP contribution >= 0.6 is 0 Å². The highest BCUT2D eigenvalue weighted by Gasteiger charge is 2.16. The zero-order valence-corrected chi connectivity index (χ0v) is 10.0. The van der Waals surface area contributed by atoms with Gasteiger partial charge in [-0.1, -0.05) is 6.07 Å². The fourth-order valence-electron chi connectivity index (χ4n) is 1.88. The monoisotopic (exact) mass is 239 g/mol. The van der Waals surface area contributed by atoms with Crippen LogP contribution < -0.4 is 4.72 Å². The Bertz CT molecular complexity index is 497. The summed E-state index contributed by atoms with van der Waals surface area (Å²) in [6, 6.07) is 5.29. The van der Waals surface area contributed by atoms with E-state index in [0.717, 1.165) is 18.5 Å². The molecular formula is C11H15N2O2S-. The largest absolute Gasteiger partial charge is 0.455 e. The molecule has 0 atom stereocenters. The lowest BCUT2D eigenvalue weighted by atomic mass is 10.0. The van der Waals surface area contributed by atoms with Gasteiger partial charge >= 0.3 is 0 Å². The molecule has 0 fully saturated rings. The Morgan fingerprint density at radius 1 is 1.38 bits per heavy atom. The third-order valence-corrected chi connectivity index (χ3v) is 4.26. The molecule has 5 heteroatoms. The number of nitrogens with zero attached hydrogens (tertiary/aromatic N) is 1. The summed E-state index contributed by atoms with van der Waals surface area (Å²) in [7, 11) is 1.96. The first kappa shape index (κ1) is 11.6. The Hall–Kier alpha value is -0.910. The van der Waals surface area contributed by atoms with Crippen molar-refractivity contribution in [3.05, 3.63) is 36.4 Å². The van der Waals surface area contributed by atoms with Gasteiger partial charge in [0.15, 0.2) is 0 Å². The molecule has 0 amide bonds. The molecule has 0 spiro atoms. The summed E-state index contributed by atoms with van der Waals surface area (Å²) in [6.45, 7) is 1.63. The molecule has 1 aliphatic rings. The SMILES string of the molecule is [CH2-]N1CCc2ccc(S(=O)(=O)NC)cc2C1. The Morgan fingerprint density at radius 2 is 2.12 bits per heavy atom. The van der Waals surface area contributed by atoms with Crippen LogP contribution in [0, 0.1) is 7.05 Å². The summed E-state index contributed by atoms with van der Waals surface area (Å²) in [5, 5.41) is 0. The van der Waals surface area contributed by atoms with Crippen molar-refractivity contribution in [3.8, 4) is 0 Å². The minimum Gasteiger partial charge on any atom is -0.455 e. The van der Waals surface area contributed by atoms with Gasteiger partial charge in [0.25, 0.3) is 0 Å². The van der Waals surface area contributed by atoms with E-state index in [4.69, 9.17) is 0 Å². The zero-order valence-electron chi connectivity index (χ0n) is 9.23. The predicted octanol–water partition coefficient (Wildman–Crippen LogP) is 0.744. The molecule has 0 bridgehead atoms. The average molecular weight is 239 g/mol. The van der Waals surface area contributed by atoms with Gasteiger partial charge in [-0.15, -0.1) is 0 Å². The Morgan fingerprint density at radius 3 is 2.81 bits per heavy atom. The lowest BCUT2D eigenvalue weighted by Crippen LogP contribution is -2.25. The Balaban J connectivity index is 2.43. The third kappa shape index (κ3) is 2.11. The standard InChI is InChI=1S/C11H15N2O2S/c1-12-16(14,15)11-4-3-9-5-6-13(2)8-10(9)7-11/h3-4,7,12H,2,5-6,8H2,1H3/q-1. The van der Waals surface area contributed by atoms with Gasteiger partial charge in [-0.2, -0.15) is 0 Å². The molecule has 0 unspecified atom stereocenters. The maximum atomic E-state index is 11.6. The van der Waals surface area contributed by atoms with E-state index >= 15 is 0 Å². The van der Waals surface area contributed by atoms with E-state index in [0.29, 0.717) is 11.4 Å². The van der Waals surface area contributed by atoms with Gasteiger partial charge in [0.1, 0.15) is 0 Å². The first-order valence-electron chi connectivity index (χ1n) is 5.14. The second-order valence-corrected chi connectivity index (χ2v) is 5.83. The number of sulfonamides is 1. The molecule has 16 heavy (non-hydrogen) atoms. The molecule has 4 nitrogen and oxygen atoms in total. The number of nitrogens with one attached hydrogen (secondary N) is 1. The lowest BCUT2D eigenvalue weighted by Gasteiger charge is -2.31. The van der Waals surface area contributed by atoms with Crippen LogP contribution in [0.15, 0.2) is 23.1 Å². The smallest absolute Gasteiger partial charge is 0.240 e. The minimum atomic E-state index is -3.34. The molecule has 88 valence electrons. The maximum absolute atomic E-state index is 11.6. The quantitative estimate of drug-likeness (QED) is 0.775. The molecule has 1 aromatic rings. The normalized spacial score (nSPS) is 17.1. The van der Waals surface area contributed by atoms with Gasteiger partial charge in [0.2, 0.25) is 10.0 Å². The van der Waals surface area contributed by atoms with E-state index in [1.165, 1.54) is 12.6 Å². The summed E-state index contributed by atoms with van der Waals surface area (Å²) in [6.07, 6.45) is 0.929. The van der Waals surface area contributed by atoms with Crippen molar-refractivity contribution in [1.29, 1.82) is 0 Å². The fraction of sp³-hybridized carbons (Fsp3) is 0.364.